The molecule has 1 N–H and O–H groups in total. The molecule has 4 rings (SSSR count). The van der Waals surface area contributed by atoms with Crippen molar-refractivity contribution in [2.45, 2.75) is 44.3 Å². The maximum Gasteiger partial charge on any atom is 0.348 e. The van der Waals surface area contributed by atoms with E-state index < -0.39 is 11.8 Å². The highest BCUT2D eigenvalue weighted by molar-refractivity contribution is 7.98. The van der Waals surface area contributed by atoms with Crippen LogP contribution in [0.4, 0.5) is 4.39 Å². The first-order chi connectivity index (χ1) is 17.8. The number of aromatic amines is 1. The first kappa shape index (κ1) is 26.8. The number of fused-ring (bicyclic) bond motifs is 1. The number of carbonyl (C=O) groups is 1. The molecule has 0 radical (unpaired) electrons. The van der Waals surface area contributed by atoms with Crippen molar-refractivity contribution < 1.29 is 23.4 Å². The summed E-state index contributed by atoms with van der Waals surface area (Å²) in [6, 6.07) is 6.01. The number of H-pyrrole nitrogens is 1. The minimum absolute atomic E-state index is 0.00863. The summed E-state index contributed by atoms with van der Waals surface area (Å²) in [5.74, 6) is 0.409. The highest BCUT2D eigenvalue weighted by Crippen LogP contribution is 2.29. The molecule has 1 atom stereocenters. The number of aryl methyl sites for hydroxylation is 1. The molecule has 0 unspecified atom stereocenters. The predicted molar refractivity (Wildman–Crippen MR) is 138 cm³/mol. The Kier molecular flexibility index (Phi) is 8.56. The summed E-state index contributed by atoms with van der Waals surface area (Å²) < 4.78 is 31.9. The average Bonchev–Trinajstić information content (AvgIpc) is 3.43. The van der Waals surface area contributed by atoms with Crippen LogP contribution in [0.15, 0.2) is 34.2 Å². The molecule has 1 aromatic carbocycles. The number of para-hydroxylation sites is 1. The predicted octanol–water partition coefficient (Wildman–Crippen LogP) is 4.28. The molecule has 0 aliphatic rings. The highest BCUT2D eigenvalue weighted by Gasteiger charge is 2.22. The van der Waals surface area contributed by atoms with Crippen LogP contribution in [-0.4, -0.2) is 51.0 Å². The monoisotopic (exact) mass is 547 g/mol. The third-order valence-corrected chi connectivity index (χ3v) is 7.55. The molecule has 0 saturated carbocycles. The number of ether oxygens (including phenoxy) is 3. The molecule has 4 aromatic rings. The zero-order valence-corrected chi connectivity index (χ0v) is 22.4. The Bertz CT molecular complexity index is 1470. The highest BCUT2D eigenvalue weighted by atomic mass is 32.2. The van der Waals surface area contributed by atoms with Gasteiger partial charge in [-0.25, -0.2) is 14.2 Å². The van der Waals surface area contributed by atoms with Crippen molar-refractivity contribution in [2.75, 3.05) is 20.3 Å². The van der Waals surface area contributed by atoms with Gasteiger partial charge in [0, 0.05) is 7.11 Å². The van der Waals surface area contributed by atoms with Crippen LogP contribution >= 0.6 is 23.1 Å². The van der Waals surface area contributed by atoms with E-state index in [4.69, 9.17) is 14.2 Å². The number of carbonyl (C=O) groups excluding carboxylic acids is 1. The Labute approximate surface area is 220 Å². The van der Waals surface area contributed by atoms with Crippen LogP contribution < -0.4 is 10.3 Å². The Morgan fingerprint density at radius 1 is 1.30 bits per heavy atom. The maximum atomic E-state index is 14.0. The Balaban J connectivity index is 1.57. The normalized spacial score (nSPS) is 12.1. The summed E-state index contributed by atoms with van der Waals surface area (Å²) in [6.45, 7) is 6.03. The van der Waals surface area contributed by atoms with Gasteiger partial charge in [0.15, 0.2) is 22.5 Å². The number of hydrogen-bond acceptors (Lipinski definition) is 10. The summed E-state index contributed by atoms with van der Waals surface area (Å²) in [4.78, 5) is 33.2. The lowest BCUT2D eigenvalue weighted by atomic mass is 10.2. The number of rotatable bonds is 11. The summed E-state index contributed by atoms with van der Waals surface area (Å²) in [6.07, 6.45) is 0. The summed E-state index contributed by atoms with van der Waals surface area (Å²) in [5.41, 5.74) is 0.233. The number of esters is 1. The fourth-order valence-corrected chi connectivity index (χ4v) is 5.77. The first-order valence-corrected chi connectivity index (χ1v) is 13.3. The van der Waals surface area contributed by atoms with Crippen molar-refractivity contribution in [2.24, 2.45) is 0 Å². The van der Waals surface area contributed by atoms with Crippen molar-refractivity contribution in [3.05, 3.63) is 62.5 Å². The zero-order valence-electron chi connectivity index (χ0n) is 20.7. The molecule has 0 bridgehead atoms. The molecule has 10 nitrogen and oxygen atoms in total. The zero-order chi connectivity index (χ0) is 26.5. The number of hydrogen-bond donors (Lipinski definition) is 1. The SMILES string of the molecule is CCOC(=O)c1sc2nc(CSc3nnc(COc4ccccc4F)n3[C@@H](C)COC)[nH]c(=O)c2c1C. The quantitative estimate of drug-likeness (QED) is 0.217. The van der Waals surface area contributed by atoms with Gasteiger partial charge in [-0.2, -0.15) is 0 Å². The van der Waals surface area contributed by atoms with Gasteiger partial charge in [0.25, 0.3) is 5.56 Å². The minimum atomic E-state index is -0.469. The van der Waals surface area contributed by atoms with E-state index in [0.29, 0.717) is 49.8 Å². The number of benzene rings is 1. The number of aromatic nitrogens is 5. The lowest BCUT2D eigenvalue weighted by molar-refractivity contribution is 0.0531. The molecule has 0 spiro atoms. The summed E-state index contributed by atoms with van der Waals surface area (Å²) in [7, 11) is 1.60. The molecule has 0 aliphatic carbocycles. The summed E-state index contributed by atoms with van der Waals surface area (Å²) >= 11 is 2.46. The van der Waals surface area contributed by atoms with Gasteiger partial charge >= 0.3 is 5.97 Å². The van der Waals surface area contributed by atoms with Gasteiger partial charge in [-0.1, -0.05) is 23.9 Å². The second kappa shape index (κ2) is 11.8. The van der Waals surface area contributed by atoms with Crippen LogP contribution in [0.25, 0.3) is 10.2 Å². The molecule has 0 fully saturated rings. The third-order valence-electron chi connectivity index (χ3n) is 5.43. The molecule has 3 aromatic heterocycles. The van der Waals surface area contributed by atoms with E-state index >= 15 is 0 Å². The van der Waals surface area contributed by atoms with E-state index in [9.17, 15) is 14.0 Å². The molecular weight excluding hydrogens is 521 g/mol. The van der Waals surface area contributed by atoms with Crippen molar-refractivity contribution in [1.29, 1.82) is 0 Å². The average molecular weight is 548 g/mol. The molecule has 0 amide bonds. The topological polar surface area (TPSA) is 121 Å². The van der Waals surface area contributed by atoms with Gasteiger partial charge in [-0.15, -0.1) is 21.5 Å². The lowest BCUT2D eigenvalue weighted by Crippen LogP contribution is -2.17. The van der Waals surface area contributed by atoms with E-state index in [1.54, 1.807) is 39.2 Å². The van der Waals surface area contributed by atoms with Gasteiger partial charge in [0.2, 0.25) is 0 Å². The molecular formula is C24H26FN5O5S2. The largest absolute Gasteiger partial charge is 0.483 e. The number of thiophene rings is 1. The molecule has 0 saturated heterocycles. The van der Waals surface area contributed by atoms with Crippen molar-refractivity contribution in [3.8, 4) is 5.75 Å². The first-order valence-electron chi connectivity index (χ1n) is 11.5. The Hall–Kier alpha value is -3.29. The third kappa shape index (κ3) is 5.84. The van der Waals surface area contributed by atoms with E-state index in [-0.39, 0.29) is 30.6 Å². The van der Waals surface area contributed by atoms with Crippen molar-refractivity contribution >= 4 is 39.3 Å². The second-order valence-electron chi connectivity index (χ2n) is 8.05. The van der Waals surface area contributed by atoms with E-state index in [1.807, 2.05) is 11.5 Å². The number of halogens is 1. The van der Waals surface area contributed by atoms with Crippen LogP contribution in [0.5, 0.6) is 5.75 Å². The molecule has 37 heavy (non-hydrogen) atoms. The Morgan fingerprint density at radius 3 is 2.81 bits per heavy atom. The standard InChI is InChI=1S/C24H26FN5O5S2/c1-5-34-23(32)20-14(3)19-21(31)26-17(27-22(19)37-20)12-36-24-29-28-18(30(24)13(2)10-33-4)11-35-16-9-7-6-8-15(16)25/h6-9,13H,5,10-12H2,1-4H3,(H,26,27,31)/t13-/m0/s1. The molecule has 0 aliphatic heterocycles. The molecule has 3 heterocycles. The molecule has 13 heteroatoms. The fourth-order valence-electron chi connectivity index (χ4n) is 3.75. The van der Waals surface area contributed by atoms with Crippen molar-refractivity contribution in [3.63, 3.8) is 0 Å². The van der Waals surface area contributed by atoms with Gasteiger partial charge < -0.3 is 19.2 Å². The van der Waals surface area contributed by atoms with Gasteiger partial charge in [-0.05, 0) is 38.5 Å². The van der Waals surface area contributed by atoms with Crippen LogP contribution in [0.1, 0.15) is 46.8 Å². The number of nitrogens with zero attached hydrogens (tertiary/aromatic N) is 4. The van der Waals surface area contributed by atoms with E-state index in [0.717, 1.165) is 11.3 Å². The fraction of sp³-hybridized carbons (Fsp3) is 0.375. The Morgan fingerprint density at radius 2 is 2.08 bits per heavy atom. The smallest absolute Gasteiger partial charge is 0.348 e. The van der Waals surface area contributed by atoms with Gasteiger partial charge in [0.1, 0.15) is 22.1 Å². The number of nitrogens with one attached hydrogen (secondary N) is 1. The molecule has 196 valence electrons. The van der Waals surface area contributed by atoms with Crippen LogP contribution in [0, 0.1) is 12.7 Å². The van der Waals surface area contributed by atoms with Crippen LogP contribution in [0.3, 0.4) is 0 Å². The van der Waals surface area contributed by atoms with E-state index in [1.165, 1.54) is 17.8 Å². The minimum Gasteiger partial charge on any atom is -0.483 e. The van der Waals surface area contributed by atoms with Gasteiger partial charge in [0.05, 0.1) is 30.4 Å². The van der Waals surface area contributed by atoms with Crippen LogP contribution in [-0.2, 0) is 21.8 Å². The van der Waals surface area contributed by atoms with Crippen LogP contribution in [0.2, 0.25) is 0 Å². The maximum absolute atomic E-state index is 14.0. The van der Waals surface area contributed by atoms with E-state index in [2.05, 4.69) is 20.2 Å². The number of methoxy groups -OCH3 is 1. The van der Waals surface area contributed by atoms with Crippen molar-refractivity contribution in [1.82, 2.24) is 24.7 Å². The van der Waals surface area contributed by atoms with Gasteiger partial charge in [-0.3, -0.25) is 9.36 Å². The lowest BCUT2D eigenvalue weighted by Gasteiger charge is -2.17. The second-order valence-corrected chi connectivity index (χ2v) is 9.99. The number of thioether (sulfide) groups is 1. The summed E-state index contributed by atoms with van der Waals surface area (Å²) in [5, 5.41) is 9.47.